The summed E-state index contributed by atoms with van der Waals surface area (Å²) in [5.41, 5.74) is 0. The first-order valence-corrected chi connectivity index (χ1v) is 7.14. The molecule has 0 aromatic carbocycles. The maximum absolute atomic E-state index is 10.8. The van der Waals surface area contributed by atoms with Gasteiger partial charge in [-0.3, -0.25) is 4.79 Å². The molecule has 0 spiro atoms. The van der Waals surface area contributed by atoms with Crippen molar-refractivity contribution in [2.24, 2.45) is 0 Å². The van der Waals surface area contributed by atoms with Gasteiger partial charge in [-0.2, -0.15) is 0 Å². The molecule has 0 aliphatic carbocycles. The lowest BCUT2D eigenvalue weighted by Gasteiger charge is -1.99. The zero-order valence-electron chi connectivity index (χ0n) is 11.7. The van der Waals surface area contributed by atoms with Crippen LogP contribution in [0.25, 0.3) is 0 Å². The standard InChI is InChI=1S/C15H28O3/c1-18-15(17)13-11-9-7-5-3-2-4-6-8-10-12-14-16/h2,4,16H,3,5-14H2,1H3. The summed E-state index contributed by atoms with van der Waals surface area (Å²) in [6, 6.07) is 0. The van der Waals surface area contributed by atoms with Crippen LogP contribution < -0.4 is 0 Å². The number of esters is 1. The Balaban J connectivity index is 3.10. The number of hydrogen-bond acceptors (Lipinski definition) is 3. The van der Waals surface area contributed by atoms with Crippen LogP contribution in [0, 0.1) is 0 Å². The number of allylic oxidation sites excluding steroid dienone is 2. The molecule has 0 saturated heterocycles. The van der Waals surface area contributed by atoms with Crippen molar-refractivity contribution < 1.29 is 14.6 Å². The second kappa shape index (κ2) is 14.2. The van der Waals surface area contributed by atoms with Gasteiger partial charge in [0.05, 0.1) is 7.11 Å². The molecule has 0 fully saturated rings. The Morgan fingerprint density at radius 3 is 2.06 bits per heavy atom. The minimum atomic E-state index is -0.0993. The van der Waals surface area contributed by atoms with E-state index >= 15 is 0 Å². The van der Waals surface area contributed by atoms with Gasteiger partial charge in [-0.1, -0.05) is 31.4 Å². The van der Waals surface area contributed by atoms with Gasteiger partial charge >= 0.3 is 5.97 Å². The number of hydrogen-bond donors (Lipinski definition) is 1. The van der Waals surface area contributed by atoms with Crippen LogP contribution in [0.1, 0.15) is 64.2 Å². The second-order valence-electron chi connectivity index (χ2n) is 4.57. The SMILES string of the molecule is COC(=O)CCCCCCC=CCCCCCO. The fourth-order valence-corrected chi connectivity index (χ4v) is 1.77. The van der Waals surface area contributed by atoms with Crippen molar-refractivity contribution in [2.45, 2.75) is 64.2 Å². The molecule has 0 aliphatic heterocycles. The van der Waals surface area contributed by atoms with E-state index in [1.165, 1.54) is 26.4 Å². The lowest BCUT2D eigenvalue weighted by atomic mass is 10.1. The summed E-state index contributed by atoms with van der Waals surface area (Å²) in [7, 11) is 1.44. The number of carbonyl (C=O) groups is 1. The highest BCUT2D eigenvalue weighted by molar-refractivity contribution is 5.68. The van der Waals surface area contributed by atoms with Crippen LogP contribution >= 0.6 is 0 Å². The average molecular weight is 256 g/mol. The Hall–Kier alpha value is -0.830. The Labute approximate surface area is 111 Å². The van der Waals surface area contributed by atoms with E-state index in [1.54, 1.807) is 0 Å². The highest BCUT2D eigenvalue weighted by Crippen LogP contribution is 2.07. The monoisotopic (exact) mass is 256 g/mol. The molecule has 0 unspecified atom stereocenters. The highest BCUT2D eigenvalue weighted by Gasteiger charge is 1.98. The topological polar surface area (TPSA) is 46.5 Å². The summed E-state index contributed by atoms with van der Waals surface area (Å²) in [4.78, 5) is 10.8. The van der Waals surface area contributed by atoms with Crippen molar-refractivity contribution in [2.75, 3.05) is 13.7 Å². The van der Waals surface area contributed by atoms with Crippen LogP contribution in [0.5, 0.6) is 0 Å². The molecule has 3 heteroatoms. The van der Waals surface area contributed by atoms with Crippen molar-refractivity contribution in [3.63, 3.8) is 0 Å². The Morgan fingerprint density at radius 1 is 0.944 bits per heavy atom. The lowest BCUT2D eigenvalue weighted by Crippen LogP contribution is -1.98. The van der Waals surface area contributed by atoms with Gasteiger partial charge in [0.2, 0.25) is 0 Å². The molecule has 0 aliphatic rings. The van der Waals surface area contributed by atoms with E-state index in [2.05, 4.69) is 16.9 Å². The van der Waals surface area contributed by atoms with Crippen LogP contribution in [0.3, 0.4) is 0 Å². The molecule has 0 saturated carbocycles. The summed E-state index contributed by atoms with van der Waals surface area (Å²) in [6.45, 7) is 0.315. The summed E-state index contributed by atoms with van der Waals surface area (Å²) in [6.07, 6.45) is 15.0. The quantitative estimate of drug-likeness (QED) is 0.329. The zero-order chi connectivity index (χ0) is 13.5. The molecular formula is C15H28O3. The molecule has 0 amide bonds. The number of unbranched alkanes of at least 4 members (excludes halogenated alkanes) is 7. The van der Waals surface area contributed by atoms with Crippen LogP contribution in [0.4, 0.5) is 0 Å². The number of aliphatic hydroxyl groups excluding tert-OH is 1. The molecule has 106 valence electrons. The molecule has 0 bridgehead atoms. The Kier molecular flexibility index (Phi) is 13.6. The lowest BCUT2D eigenvalue weighted by molar-refractivity contribution is -0.140. The van der Waals surface area contributed by atoms with Gasteiger partial charge in [0.15, 0.2) is 0 Å². The first-order chi connectivity index (χ1) is 8.81. The summed E-state index contributed by atoms with van der Waals surface area (Å²) < 4.78 is 4.58. The van der Waals surface area contributed by atoms with E-state index < -0.39 is 0 Å². The van der Waals surface area contributed by atoms with E-state index in [-0.39, 0.29) is 5.97 Å². The van der Waals surface area contributed by atoms with Gasteiger partial charge in [0, 0.05) is 13.0 Å². The van der Waals surface area contributed by atoms with Gasteiger partial charge in [0.1, 0.15) is 0 Å². The predicted octanol–water partition coefficient (Wildman–Crippen LogP) is 3.61. The molecule has 0 radical (unpaired) electrons. The van der Waals surface area contributed by atoms with E-state index in [0.29, 0.717) is 13.0 Å². The van der Waals surface area contributed by atoms with Crippen LogP contribution in [0.2, 0.25) is 0 Å². The molecule has 0 rings (SSSR count). The summed E-state index contributed by atoms with van der Waals surface area (Å²) >= 11 is 0. The van der Waals surface area contributed by atoms with Crippen molar-refractivity contribution in [3.05, 3.63) is 12.2 Å². The smallest absolute Gasteiger partial charge is 0.305 e. The van der Waals surface area contributed by atoms with Crippen molar-refractivity contribution in [3.8, 4) is 0 Å². The Bertz CT molecular complexity index is 212. The third-order valence-electron chi connectivity index (χ3n) is 2.92. The zero-order valence-corrected chi connectivity index (χ0v) is 11.7. The van der Waals surface area contributed by atoms with E-state index in [1.807, 2.05) is 0 Å². The Morgan fingerprint density at radius 2 is 1.50 bits per heavy atom. The summed E-state index contributed by atoms with van der Waals surface area (Å²) in [5.74, 6) is -0.0993. The first-order valence-electron chi connectivity index (χ1n) is 7.14. The van der Waals surface area contributed by atoms with Crippen molar-refractivity contribution >= 4 is 5.97 Å². The van der Waals surface area contributed by atoms with Gasteiger partial charge in [-0.25, -0.2) is 0 Å². The number of methoxy groups -OCH3 is 1. The summed E-state index contributed by atoms with van der Waals surface area (Å²) in [5, 5.41) is 8.61. The molecule has 0 aromatic heterocycles. The molecule has 0 heterocycles. The predicted molar refractivity (Wildman–Crippen MR) is 74.4 cm³/mol. The molecule has 3 nitrogen and oxygen atoms in total. The molecule has 0 atom stereocenters. The van der Waals surface area contributed by atoms with Gasteiger partial charge in [0.25, 0.3) is 0 Å². The van der Waals surface area contributed by atoms with Crippen LogP contribution in [0.15, 0.2) is 12.2 Å². The molecule has 18 heavy (non-hydrogen) atoms. The number of rotatable bonds is 12. The van der Waals surface area contributed by atoms with Crippen LogP contribution in [-0.4, -0.2) is 24.8 Å². The van der Waals surface area contributed by atoms with Crippen molar-refractivity contribution in [1.82, 2.24) is 0 Å². The average Bonchev–Trinajstić information content (AvgIpc) is 2.39. The maximum atomic E-state index is 10.8. The third kappa shape index (κ3) is 13.2. The minimum absolute atomic E-state index is 0.0993. The fourth-order valence-electron chi connectivity index (χ4n) is 1.77. The van der Waals surface area contributed by atoms with Gasteiger partial charge in [-0.15, -0.1) is 0 Å². The molecule has 1 N–H and O–H groups in total. The van der Waals surface area contributed by atoms with Crippen LogP contribution in [-0.2, 0) is 9.53 Å². The molecule has 0 aromatic rings. The van der Waals surface area contributed by atoms with E-state index in [0.717, 1.165) is 38.5 Å². The van der Waals surface area contributed by atoms with Crippen molar-refractivity contribution in [1.29, 1.82) is 0 Å². The highest BCUT2D eigenvalue weighted by atomic mass is 16.5. The normalized spacial score (nSPS) is 11.0. The number of carbonyl (C=O) groups excluding carboxylic acids is 1. The fraction of sp³-hybridized carbons (Fsp3) is 0.800. The largest absolute Gasteiger partial charge is 0.469 e. The number of aliphatic hydroxyl groups is 1. The third-order valence-corrected chi connectivity index (χ3v) is 2.92. The van der Waals surface area contributed by atoms with E-state index in [4.69, 9.17) is 5.11 Å². The van der Waals surface area contributed by atoms with Gasteiger partial charge < -0.3 is 9.84 Å². The number of ether oxygens (including phenoxy) is 1. The molecular weight excluding hydrogens is 228 g/mol. The van der Waals surface area contributed by atoms with Gasteiger partial charge in [-0.05, 0) is 38.5 Å². The first kappa shape index (κ1) is 17.2. The maximum Gasteiger partial charge on any atom is 0.305 e. The minimum Gasteiger partial charge on any atom is -0.469 e. The van der Waals surface area contributed by atoms with E-state index in [9.17, 15) is 4.79 Å². The second-order valence-corrected chi connectivity index (χ2v) is 4.57.